The summed E-state index contributed by atoms with van der Waals surface area (Å²) in [5.41, 5.74) is 3.12. The molecule has 0 radical (unpaired) electrons. The van der Waals surface area contributed by atoms with Crippen LogP contribution in [0.25, 0.3) is 0 Å². The van der Waals surface area contributed by atoms with Gasteiger partial charge in [-0.05, 0) is 49.7 Å². The molecule has 0 aliphatic carbocycles. The molecule has 2 nitrogen and oxygen atoms in total. The van der Waals surface area contributed by atoms with E-state index in [0.717, 1.165) is 13.1 Å². The van der Waals surface area contributed by atoms with Crippen LogP contribution in [-0.4, -0.2) is 0 Å². The van der Waals surface area contributed by atoms with Crippen molar-refractivity contribution < 1.29 is 43.1 Å². The van der Waals surface area contributed by atoms with Gasteiger partial charge in [-0.1, -0.05) is 36.4 Å². The van der Waals surface area contributed by atoms with Crippen molar-refractivity contribution in [1.82, 2.24) is 0 Å². The van der Waals surface area contributed by atoms with Crippen LogP contribution in [-0.2, 0) is 25.9 Å². The number of nitrogens with zero attached hydrogens (tertiary/aromatic N) is 2. The van der Waals surface area contributed by atoms with Gasteiger partial charge in [-0.15, -0.1) is 0 Å². The fourth-order valence-corrected chi connectivity index (χ4v) is 3.79. The summed E-state index contributed by atoms with van der Waals surface area (Å²) in [6.07, 6.45) is 18.8. The summed E-state index contributed by atoms with van der Waals surface area (Å²) in [6.45, 7) is 2.25. The zero-order chi connectivity index (χ0) is 19.3. The predicted octanol–water partition coefficient (Wildman–Crippen LogP) is -0.904. The lowest BCUT2D eigenvalue weighted by Gasteiger charge is -2.09. The van der Waals surface area contributed by atoms with Gasteiger partial charge >= 0.3 is 0 Å². The number of benzene rings is 1. The van der Waals surface area contributed by atoms with Gasteiger partial charge in [-0.25, -0.2) is 9.13 Å². The largest absolute Gasteiger partial charge is 1.00 e. The average molecular weight is 534 g/mol. The first-order chi connectivity index (χ1) is 13.9. The van der Waals surface area contributed by atoms with Gasteiger partial charge < -0.3 is 34.0 Å². The van der Waals surface area contributed by atoms with E-state index < -0.39 is 0 Å². The van der Waals surface area contributed by atoms with Crippen LogP contribution in [0.2, 0.25) is 0 Å². The molecular weight excluding hydrogens is 500 g/mol. The number of hydrogen-bond donors (Lipinski definition) is 0. The van der Waals surface area contributed by atoms with Gasteiger partial charge in [-0.3, -0.25) is 0 Å². The van der Waals surface area contributed by atoms with Crippen molar-refractivity contribution in [3.63, 3.8) is 0 Å². The SMILES string of the molecule is [Br-].[Br-].c1cc[n+](CCCCCc2ccccc2CCCCC[n+]2ccccc2)cc1. The van der Waals surface area contributed by atoms with Gasteiger partial charge in [0.2, 0.25) is 0 Å². The molecule has 3 rings (SSSR count). The molecule has 162 valence electrons. The zero-order valence-corrected chi connectivity index (χ0v) is 21.0. The van der Waals surface area contributed by atoms with Crippen molar-refractivity contribution in [3.8, 4) is 0 Å². The molecule has 0 amide bonds. The molecule has 0 aliphatic heterocycles. The summed E-state index contributed by atoms with van der Waals surface area (Å²) >= 11 is 0. The maximum Gasteiger partial charge on any atom is 0.168 e. The molecule has 0 saturated carbocycles. The Bertz CT molecular complexity index is 726. The molecule has 4 heteroatoms. The fraction of sp³-hybridized carbons (Fsp3) is 0.385. The molecule has 2 heterocycles. The van der Waals surface area contributed by atoms with Crippen LogP contribution < -0.4 is 43.1 Å². The van der Waals surface area contributed by atoms with Gasteiger partial charge in [0.1, 0.15) is 13.1 Å². The first-order valence-electron chi connectivity index (χ1n) is 10.9. The third kappa shape index (κ3) is 9.99. The molecule has 0 N–H and O–H groups in total. The van der Waals surface area contributed by atoms with Crippen LogP contribution in [0.1, 0.15) is 49.7 Å². The van der Waals surface area contributed by atoms with Gasteiger partial charge in [0.05, 0.1) is 0 Å². The second-order valence-electron chi connectivity index (χ2n) is 7.62. The molecule has 30 heavy (non-hydrogen) atoms. The Labute approximate surface area is 203 Å². The van der Waals surface area contributed by atoms with Crippen molar-refractivity contribution in [2.24, 2.45) is 0 Å². The normalized spacial score (nSPS) is 10.1. The second-order valence-corrected chi connectivity index (χ2v) is 7.62. The predicted molar refractivity (Wildman–Crippen MR) is 115 cm³/mol. The molecule has 0 saturated heterocycles. The summed E-state index contributed by atoms with van der Waals surface area (Å²) in [7, 11) is 0. The van der Waals surface area contributed by atoms with Crippen molar-refractivity contribution in [2.45, 2.75) is 64.5 Å². The van der Waals surface area contributed by atoms with E-state index in [9.17, 15) is 0 Å². The Morgan fingerprint density at radius 2 is 0.833 bits per heavy atom. The van der Waals surface area contributed by atoms with E-state index in [1.807, 2.05) is 0 Å². The number of unbranched alkanes of at least 4 members (excludes halogenated alkanes) is 4. The quantitative estimate of drug-likeness (QED) is 0.210. The molecular formula is C26H34Br2N2. The van der Waals surface area contributed by atoms with Crippen LogP contribution >= 0.6 is 0 Å². The summed E-state index contributed by atoms with van der Waals surface area (Å²) in [6, 6.07) is 21.6. The Balaban J connectivity index is 0.00000225. The van der Waals surface area contributed by atoms with Crippen LogP contribution in [0.15, 0.2) is 85.5 Å². The van der Waals surface area contributed by atoms with Gasteiger partial charge in [0.15, 0.2) is 24.8 Å². The van der Waals surface area contributed by atoms with E-state index in [0.29, 0.717) is 0 Å². The smallest absolute Gasteiger partial charge is 0.168 e. The molecule has 0 unspecified atom stereocenters. The molecule has 2 aromatic heterocycles. The maximum atomic E-state index is 2.33. The minimum absolute atomic E-state index is 0. The molecule has 0 spiro atoms. The summed E-state index contributed by atoms with van der Waals surface area (Å²) < 4.78 is 4.56. The topological polar surface area (TPSA) is 7.76 Å². The van der Waals surface area contributed by atoms with Crippen LogP contribution in [0.5, 0.6) is 0 Å². The average Bonchev–Trinajstić information content (AvgIpc) is 2.76. The van der Waals surface area contributed by atoms with Crippen LogP contribution in [0, 0.1) is 0 Å². The highest BCUT2D eigenvalue weighted by molar-refractivity contribution is 5.27. The summed E-state index contributed by atoms with van der Waals surface area (Å²) in [4.78, 5) is 0. The van der Waals surface area contributed by atoms with Gasteiger partial charge in [0, 0.05) is 37.1 Å². The Morgan fingerprint density at radius 3 is 1.23 bits per heavy atom. The van der Waals surface area contributed by atoms with E-state index in [2.05, 4.69) is 94.6 Å². The van der Waals surface area contributed by atoms with E-state index in [-0.39, 0.29) is 34.0 Å². The number of halogens is 2. The molecule has 3 aromatic rings. The number of hydrogen-bond acceptors (Lipinski definition) is 0. The van der Waals surface area contributed by atoms with E-state index >= 15 is 0 Å². The van der Waals surface area contributed by atoms with Gasteiger partial charge in [0.25, 0.3) is 0 Å². The van der Waals surface area contributed by atoms with Crippen molar-refractivity contribution in [1.29, 1.82) is 0 Å². The van der Waals surface area contributed by atoms with E-state index in [1.165, 1.54) is 51.4 Å². The molecule has 1 aromatic carbocycles. The number of rotatable bonds is 12. The fourth-order valence-electron chi connectivity index (χ4n) is 3.79. The molecule has 0 aliphatic rings. The standard InChI is InChI=1S/C26H34N2.2BrH/c1(9-19-27-21-11-3-12-22-27)5-15-25-17-7-8-18-26(25)16-6-2-10-20-28-23-13-4-14-24-28;;/h3-4,7-8,11-14,17-18,21-24H,1-2,5-6,9-10,15-16,19-20H2;2*1H/q+2;;/p-2. The second kappa shape index (κ2) is 16.2. The van der Waals surface area contributed by atoms with Crippen LogP contribution in [0.3, 0.4) is 0 Å². The Hall–Kier alpha value is -1.52. The molecule has 0 bridgehead atoms. The maximum absolute atomic E-state index is 2.33. The molecule has 0 fully saturated rings. The Kier molecular flexibility index (Phi) is 14.3. The lowest BCUT2D eigenvalue weighted by molar-refractivity contribution is -0.697. The third-order valence-electron chi connectivity index (χ3n) is 5.40. The first kappa shape index (κ1) is 26.5. The Morgan fingerprint density at radius 1 is 0.433 bits per heavy atom. The highest BCUT2D eigenvalue weighted by atomic mass is 79.9. The van der Waals surface area contributed by atoms with Crippen molar-refractivity contribution in [3.05, 3.63) is 96.6 Å². The monoisotopic (exact) mass is 532 g/mol. The van der Waals surface area contributed by atoms with Crippen molar-refractivity contribution >= 4 is 0 Å². The number of aromatic nitrogens is 2. The lowest BCUT2D eigenvalue weighted by Crippen LogP contribution is -3.00. The third-order valence-corrected chi connectivity index (χ3v) is 5.40. The number of pyridine rings is 2. The van der Waals surface area contributed by atoms with Crippen LogP contribution in [0.4, 0.5) is 0 Å². The van der Waals surface area contributed by atoms with E-state index in [1.54, 1.807) is 11.1 Å². The molecule has 0 atom stereocenters. The zero-order valence-electron chi connectivity index (χ0n) is 17.8. The minimum atomic E-state index is 0. The summed E-state index contributed by atoms with van der Waals surface area (Å²) in [5, 5.41) is 0. The number of aryl methyl sites for hydroxylation is 4. The summed E-state index contributed by atoms with van der Waals surface area (Å²) in [5.74, 6) is 0. The lowest BCUT2D eigenvalue weighted by atomic mass is 9.97. The highest BCUT2D eigenvalue weighted by Gasteiger charge is 2.04. The van der Waals surface area contributed by atoms with Gasteiger partial charge in [-0.2, -0.15) is 0 Å². The van der Waals surface area contributed by atoms with Crippen molar-refractivity contribution in [2.75, 3.05) is 0 Å². The first-order valence-corrected chi connectivity index (χ1v) is 10.9. The minimum Gasteiger partial charge on any atom is -1.00 e. The highest BCUT2D eigenvalue weighted by Crippen LogP contribution is 2.16. The van der Waals surface area contributed by atoms with E-state index in [4.69, 9.17) is 0 Å².